The normalized spacial score (nSPS) is 45.1. The molecule has 0 aromatic heterocycles. The molecule has 4 rings (SSSR count). The minimum absolute atomic E-state index is 0.0619. The minimum atomic E-state index is -4.15. The van der Waals surface area contributed by atoms with Crippen LogP contribution in [-0.4, -0.2) is 64.1 Å². The molecule has 4 N–H and O–H groups in total. The second kappa shape index (κ2) is 4.97. The Morgan fingerprint density at radius 3 is 2.04 bits per heavy atom. The van der Waals surface area contributed by atoms with E-state index in [1.54, 1.807) is 12.1 Å². The van der Waals surface area contributed by atoms with Crippen molar-refractivity contribution in [1.82, 2.24) is 0 Å². The number of benzene rings is 1. The monoisotopic (exact) mass is 414 g/mol. The molecule has 8 nitrogen and oxygen atoms in total. The van der Waals surface area contributed by atoms with Crippen LogP contribution in [0.1, 0.15) is 33.3 Å². The second-order valence-corrected chi connectivity index (χ2v) is 10.9. The van der Waals surface area contributed by atoms with E-state index < -0.39 is 56.2 Å². The molecule has 0 radical (unpaired) electrons. The van der Waals surface area contributed by atoms with Gasteiger partial charge in [0.05, 0.1) is 16.9 Å². The molecular weight excluding hydrogens is 388 g/mol. The number of hydrogen-bond acceptors (Lipinski definition) is 8. The highest BCUT2D eigenvalue weighted by molar-refractivity contribution is 7.86. The fourth-order valence-electron chi connectivity index (χ4n) is 5.32. The standard InChI is InChI=1S/C19H26O8S/c1-11-6-8-12(9-7-11)28(24,25)26-10-13-16(20)14(2,3)17(16,21)18(22)15(4,5)19(18,23)27-13/h6-9,13,20-23H,10H2,1-5H3/t13-,16-,17+,18-,19+/m1/s1. The predicted molar refractivity (Wildman–Crippen MR) is 96.6 cm³/mol. The summed E-state index contributed by atoms with van der Waals surface area (Å²) in [5.41, 5.74) is -7.86. The van der Waals surface area contributed by atoms with Crippen LogP contribution in [0.5, 0.6) is 0 Å². The van der Waals surface area contributed by atoms with Gasteiger partial charge in [-0.25, -0.2) is 0 Å². The Labute approximate surface area is 163 Å². The van der Waals surface area contributed by atoms with Crippen molar-refractivity contribution >= 4 is 10.1 Å². The highest BCUT2D eigenvalue weighted by atomic mass is 32.2. The zero-order chi connectivity index (χ0) is 21.2. The topological polar surface area (TPSA) is 134 Å². The van der Waals surface area contributed by atoms with E-state index in [1.165, 1.54) is 39.8 Å². The van der Waals surface area contributed by atoms with Crippen molar-refractivity contribution in [3.63, 3.8) is 0 Å². The minimum Gasteiger partial charge on any atom is -0.383 e. The van der Waals surface area contributed by atoms with Crippen molar-refractivity contribution in [3.05, 3.63) is 29.8 Å². The van der Waals surface area contributed by atoms with Crippen LogP contribution in [0.25, 0.3) is 0 Å². The van der Waals surface area contributed by atoms with Crippen LogP contribution in [0.15, 0.2) is 29.2 Å². The molecule has 3 aliphatic rings. The van der Waals surface area contributed by atoms with Gasteiger partial charge in [0.1, 0.15) is 17.3 Å². The number of hydrogen-bond donors (Lipinski definition) is 4. The Morgan fingerprint density at radius 2 is 1.50 bits per heavy atom. The Balaban J connectivity index is 1.64. The smallest absolute Gasteiger partial charge is 0.297 e. The third kappa shape index (κ3) is 1.73. The molecule has 2 aliphatic carbocycles. The Bertz CT molecular complexity index is 955. The number of aryl methyl sites for hydroxylation is 1. The van der Waals surface area contributed by atoms with Gasteiger partial charge in [-0.1, -0.05) is 45.4 Å². The molecule has 9 heteroatoms. The Morgan fingerprint density at radius 1 is 0.964 bits per heavy atom. The molecule has 1 heterocycles. The molecule has 0 unspecified atom stereocenters. The highest BCUT2D eigenvalue weighted by Crippen LogP contribution is 2.86. The van der Waals surface area contributed by atoms with Crippen LogP contribution in [0.3, 0.4) is 0 Å². The van der Waals surface area contributed by atoms with E-state index in [2.05, 4.69) is 0 Å². The molecule has 28 heavy (non-hydrogen) atoms. The van der Waals surface area contributed by atoms with E-state index in [0.29, 0.717) is 0 Å². The first-order chi connectivity index (χ1) is 12.6. The first kappa shape index (κ1) is 20.2. The summed E-state index contributed by atoms with van der Waals surface area (Å²) < 4.78 is 35.6. The van der Waals surface area contributed by atoms with Crippen LogP contribution in [0, 0.1) is 17.8 Å². The third-order valence-electron chi connectivity index (χ3n) is 7.51. The zero-order valence-electron chi connectivity index (χ0n) is 16.4. The van der Waals surface area contributed by atoms with Gasteiger partial charge in [0, 0.05) is 5.41 Å². The molecule has 1 aliphatic heterocycles. The molecule has 156 valence electrons. The van der Waals surface area contributed by atoms with Crippen LogP contribution in [-0.2, 0) is 19.0 Å². The van der Waals surface area contributed by atoms with Crippen molar-refractivity contribution in [2.75, 3.05) is 6.61 Å². The lowest BCUT2D eigenvalue weighted by Crippen LogP contribution is -2.58. The SMILES string of the molecule is Cc1ccc(S(=O)(=O)OC[C@H]2O[C@@]3(O)C(C)(C)[C@@]3(O)[C@]3(O)C(C)(C)[C@]23O)cc1. The largest absolute Gasteiger partial charge is 0.383 e. The maximum absolute atomic E-state index is 12.5. The molecule has 0 bridgehead atoms. The van der Waals surface area contributed by atoms with Crippen molar-refractivity contribution in [3.8, 4) is 0 Å². The number of rotatable bonds is 4. The summed E-state index contributed by atoms with van der Waals surface area (Å²) in [6.07, 6.45) is -1.38. The molecule has 1 saturated heterocycles. The van der Waals surface area contributed by atoms with E-state index in [-0.39, 0.29) is 4.90 Å². The van der Waals surface area contributed by atoms with E-state index >= 15 is 0 Å². The van der Waals surface area contributed by atoms with Crippen molar-refractivity contribution in [1.29, 1.82) is 0 Å². The average Bonchev–Trinajstić information content (AvgIpc) is 3.15. The van der Waals surface area contributed by atoms with Gasteiger partial charge in [-0.05, 0) is 19.1 Å². The summed E-state index contributed by atoms with van der Waals surface area (Å²) in [5, 5.41) is 44.3. The molecule has 0 amide bonds. The summed E-state index contributed by atoms with van der Waals surface area (Å²) in [7, 11) is -4.15. The molecule has 3 fully saturated rings. The van der Waals surface area contributed by atoms with E-state index in [9.17, 15) is 28.8 Å². The van der Waals surface area contributed by atoms with Gasteiger partial charge in [-0.2, -0.15) is 8.42 Å². The van der Waals surface area contributed by atoms with Crippen LogP contribution >= 0.6 is 0 Å². The average molecular weight is 414 g/mol. The maximum Gasteiger partial charge on any atom is 0.297 e. The van der Waals surface area contributed by atoms with Gasteiger partial charge in [0.15, 0.2) is 5.60 Å². The second-order valence-electron chi connectivity index (χ2n) is 9.24. The molecule has 1 aromatic rings. The molecule has 0 spiro atoms. The molecule has 2 saturated carbocycles. The fraction of sp³-hybridized carbons (Fsp3) is 0.684. The summed E-state index contributed by atoms with van der Waals surface area (Å²) in [4.78, 5) is -0.0619. The fourth-order valence-corrected chi connectivity index (χ4v) is 6.22. The summed E-state index contributed by atoms with van der Waals surface area (Å²) in [6, 6.07) is 6.04. The highest BCUT2D eigenvalue weighted by Gasteiger charge is 3.08. The van der Waals surface area contributed by atoms with E-state index in [4.69, 9.17) is 8.92 Å². The first-order valence-corrected chi connectivity index (χ1v) is 10.5. The Kier molecular flexibility index (Phi) is 3.59. The van der Waals surface area contributed by atoms with E-state index in [0.717, 1.165) is 5.56 Å². The number of fused-ring (bicyclic) bond motifs is 3. The molecule has 5 atom stereocenters. The van der Waals surface area contributed by atoms with Crippen molar-refractivity contribution < 1.29 is 37.8 Å². The predicted octanol–water partition coefficient (Wildman–Crippen LogP) is 0.0606. The van der Waals surface area contributed by atoms with Gasteiger partial charge in [0.2, 0.25) is 5.79 Å². The van der Waals surface area contributed by atoms with E-state index in [1.807, 2.05) is 6.92 Å². The van der Waals surface area contributed by atoms with Crippen molar-refractivity contribution in [2.45, 2.75) is 68.2 Å². The summed E-state index contributed by atoms with van der Waals surface area (Å²) in [5.74, 6) is -2.14. The maximum atomic E-state index is 12.5. The zero-order valence-corrected chi connectivity index (χ0v) is 17.2. The number of aliphatic hydroxyl groups is 4. The van der Waals surface area contributed by atoms with Gasteiger partial charge < -0.3 is 25.2 Å². The lowest BCUT2D eigenvalue weighted by Gasteiger charge is -2.36. The van der Waals surface area contributed by atoms with Crippen LogP contribution in [0.2, 0.25) is 0 Å². The van der Waals surface area contributed by atoms with Crippen LogP contribution in [0.4, 0.5) is 0 Å². The van der Waals surface area contributed by atoms with Gasteiger partial charge in [-0.15, -0.1) is 0 Å². The molecule has 1 aromatic carbocycles. The quantitative estimate of drug-likeness (QED) is 0.508. The molecular formula is C19H26O8S. The van der Waals surface area contributed by atoms with Crippen molar-refractivity contribution in [2.24, 2.45) is 10.8 Å². The first-order valence-electron chi connectivity index (χ1n) is 9.10. The van der Waals surface area contributed by atoms with Gasteiger partial charge in [0.25, 0.3) is 10.1 Å². The Hall–Kier alpha value is -1.07. The van der Waals surface area contributed by atoms with Gasteiger partial charge in [-0.3, -0.25) is 4.18 Å². The summed E-state index contributed by atoms with van der Waals surface area (Å²) in [6.45, 7) is 7.24. The number of ether oxygens (including phenoxy) is 1. The van der Waals surface area contributed by atoms with Gasteiger partial charge >= 0.3 is 0 Å². The lowest BCUT2D eigenvalue weighted by atomic mass is 9.93. The summed E-state index contributed by atoms with van der Waals surface area (Å²) >= 11 is 0. The lowest BCUT2D eigenvalue weighted by molar-refractivity contribution is -0.289. The van der Waals surface area contributed by atoms with Crippen LogP contribution < -0.4 is 0 Å². The third-order valence-corrected chi connectivity index (χ3v) is 8.81.